The van der Waals surface area contributed by atoms with E-state index in [1.807, 2.05) is 0 Å². The summed E-state index contributed by atoms with van der Waals surface area (Å²) < 4.78 is 31.9. The molecule has 0 spiro atoms. The van der Waals surface area contributed by atoms with E-state index in [2.05, 4.69) is 5.32 Å². The summed E-state index contributed by atoms with van der Waals surface area (Å²) in [5.74, 6) is -2.33. The van der Waals surface area contributed by atoms with Gasteiger partial charge in [-0.15, -0.1) is 0 Å². The first kappa shape index (κ1) is 12.7. The van der Waals surface area contributed by atoms with E-state index in [1.165, 1.54) is 0 Å². The largest absolute Gasteiger partial charge is 0.489 e. The molecule has 5 nitrogen and oxygen atoms in total. The van der Waals surface area contributed by atoms with Crippen LogP contribution in [0.1, 0.15) is 12.8 Å². The van der Waals surface area contributed by atoms with Gasteiger partial charge in [-0.3, -0.25) is 10.1 Å². The van der Waals surface area contributed by atoms with Crippen molar-refractivity contribution in [2.24, 2.45) is 0 Å². The lowest BCUT2D eigenvalue weighted by molar-refractivity contribution is -0.387. The molecule has 18 heavy (non-hydrogen) atoms. The molecule has 0 radical (unpaired) electrons. The minimum atomic E-state index is -1.10. The predicted molar refractivity (Wildman–Crippen MR) is 59.5 cm³/mol. The fourth-order valence-electron chi connectivity index (χ4n) is 1.86. The van der Waals surface area contributed by atoms with E-state index < -0.39 is 22.2 Å². The Morgan fingerprint density at radius 1 is 1.44 bits per heavy atom. The zero-order chi connectivity index (χ0) is 13.1. The third-order valence-corrected chi connectivity index (χ3v) is 2.80. The first-order valence-electron chi connectivity index (χ1n) is 5.57. The summed E-state index contributed by atoms with van der Waals surface area (Å²) in [5, 5.41) is 13.5. The van der Waals surface area contributed by atoms with E-state index in [9.17, 15) is 18.9 Å². The van der Waals surface area contributed by atoms with E-state index in [4.69, 9.17) is 4.74 Å². The highest BCUT2D eigenvalue weighted by atomic mass is 19.1. The summed E-state index contributed by atoms with van der Waals surface area (Å²) in [6.45, 7) is 1.10. The summed E-state index contributed by atoms with van der Waals surface area (Å²) in [5.41, 5.74) is -0.890. The molecule has 0 amide bonds. The minimum Gasteiger partial charge on any atom is -0.489 e. The zero-order valence-corrected chi connectivity index (χ0v) is 9.49. The maximum Gasteiger partial charge on any atom is 0.307 e. The highest BCUT2D eigenvalue weighted by Crippen LogP contribution is 2.26. The van der Waals surface area contributed by atoms with E-state index in [1.54, 1.807) is 0 Å². The fraction of sp³-hybridized carbons (Fsp3) is 0.455. The molecular formula is C11H12F2N2O3. The Morgan fingerprint density at radius 2 is 2.22 bits per heavy atom. The molecule has 98 valence electrons. The van der Waals surface area contributed by atoms with Crippen LogP contribution in [0.15, 0.2) is 12.1 Å². The van der Waals surface area contributed by atoms with Crippen LogP contribution in [0.4, 0.5) is 14.5 Å². The molecule has 2 rings (SSSR count). The minimum absolute atomic E-state index is 0.114. The number of nitrogens with one attached hydrogen (secondary N) is 1. The van der Waals surface area contributed by atoms with Crippen LogP contribution < -0.4 is 10.1 Å². The molecule has 0 bridgehead atoms. The number of rotatable bonds is 4. The lowest BCUT2D eigenvalue weighted by atomic mass is 10.2. The Morgan fingerprint density at radius 3 is 2.83 bits per heavy atom. The molecule has 0 unspecified atom stereocenters. The Labute approximate surface area is 102 Å². The quantitative estimate of drug-likeness (QED) is 0.662. The Balaban J connectivity index is 2.08. The van der Waals surface area contributed by atoms with Crippen molar-refractivity contribution in [1.82, 2.24) is 5.32 Å². The molecule has 1 aliphatic heterocycles. The molecule has 1 heterocycles. The summed E-state index contributed by atoms with van der Waals surface area (Å²) in [6.07, 6.45) is 1.93. The highest BCUT2D eigenvalue weighted by molar-refractivity contribution is 5.39. The fourth-order valence-corrected chi connectivity index (χ4v) is 1.86. The van der Waals surface area contributed by atoms with Gasteiger partial charge in [-0.2, -0.15) is 4.39 Å². The smallest absolute Gasteiger partial charge is 0.307 e. The molecule has 1 aromatic rings. The number of hydrogen-bond acceptors (Lipinski definition) is 4. The van der Waals surface area contributed by atoms with Gasteiger partial charge in [0.05, 0.1) is 11.0 Å². The molecule has 0 aliphatic carbocycles. The lowest BCUT2D eigenvalue weighted by Crippen LogP contribution is -2.28. The third kappa shape index (κ3) is 2.73. The Hall–Kier alpha value is -1.76. The second-order valence-corrected chi connectivity index (χ2v) is 4.10. The van der Waals surface area contributed by atoms with Crippen LogP contribution in [0.5, 0.6) is 5.75 Å². The van der Waals surface area contributed by atoms with Crippen LogP contribution in [0.2, 0.25) is 0 Å². The van der Waals surface area contributed by atoms with Crippen molar-refractivity contribution in [3.63, 3.8) is 0 Å². The van der Waals surface area contributed by atoms with Crippen molar-refractivity contribution in [2.45, 2.75) is 18.9 Å². The number of halogens is 2. The number of hydrogen-bond donors (Lipinski definition) is 1. The summed E-state index contributed by atoms with van der Waals surface area (Å²) in [7, 11) is 0. The molecule has 1 aliphatic rings. The molecule has 1 saturated heterocycles. The maximum absolute atomic E-state index is 13.4. The van der Waals surface area contributed by atoms with Crippen molar-refractivity contribution < 1.29 is 18.4 Å². The first-order valence-corrected chi connectivity index (χ1v) is 5.57. The van der Waals surface area contributed by atoms with Gasteiger partial charge in [0.1, 0.15) is 6.61 Å². The third-order valence-electron chi connectivity index (χ3n) is 2.80. The van der Waals surface area contributed by atoms with Crippen LogP contribution >= 0.6 is 0 Å². The van der Waals surface area contributed by atoms with E-state index in [0.717, 1.165) is 19.4 Å². The molecular weight excluding hydrogens is 246 g/mol. The number of benzene rings is 1. The standard InChI is InChI=1S/C11H12F2N2O3/c12-8-5-11(9(13)4-10(8)15(16)17)18-6-7-2-1-3-14-7/h4-5,7,14H,1-3,6H2/t7-/m1/s1. The Bertz CT molecular complexity index is 462. The van der Waals surface area contributed by atoms with Crippen LogP contribution in [0, 0.1) is 21.7 Å². The number of nitro benzene ring substituents is 1. The topological polar surface area (TPSA) is 64.4 Å². The number of ether oxygens (including phenoxy) is 1. The second kappa shape index (κ2) is 5.26. The average molecular weight is 258 g/mol. The van der Waals surface area contributed by atoms with Gasteiger partial charge in [-0.25, -0.2) is 4.39 Å². The van der Waals surface area contributed by atoms with Crippen molar-refractivity contribution in [1.29, 1.82) is 0 Å². The predicted octanol–water partition coefficient (Wildman–Crippen LogP) is 2.00. The van der Waals surface area contributed by atoms with Gasteiger partial charge in [0.15, 0.2) is 11.6 Å². The van der Waals surface area contributed by atoms with Crippen molar-refractivity contribution >= 4 is 5.69 Å². The van der Waals surface area contributed by atoms with Crippen molar-refractivity contribution in [3.05, 3.63) is 33.9 Å². The molecule has 1 fully saturated rings. The average Bonchev–Trinajstić information content (AvgIpc) is 2.82. The van der Waals surface area contributed by atoms with Gasteiger partial charge in [0.2, 0.25) is 5.82 Å². The van der Waals surface area contributed by atoms with Gasteiger partial charge in [-0.05, 0) is 19.4 Å². The first-order chi connectivity index (χ1) is 8.58. The highest BCUT2D eigenvalue weighted by Gasteiger charge is 2.21. The molecule has 1 atom stereocenters. The van der Waals surface area contributed by atoms with Crippen LogP contribution in [-0.4, -0.2) is 24.1 Å². The van der Waals surface area contributed by atoms with Gasteiger partial charge in [-0.1, -0.05) is 0 Å². The molecule has 0 aromatic heterocycles. The number of nitrogens with zero attached hydrogens (tertiary/aromatic N) is 1. The van der Waals surface area contributed by atoms with E-state index in [0.29, 0.717) is 12.1 Å². The van der Waals surface area contributed by atoms with Gasteiger partial charge >= 0.3 is 5.69 Å². The second-order valence-electron chi connectivity index (χ2n) is 4.10. The van der Waals surface area contributed by atoms with Gasteiger partial charge in [0, 0.05) is 12.1 Å². The summed E-state index contributed by atoms with van der Waals surface area (Å²) in [4.78, 5) is 9.43. The zero-order valence-electron chi connectivity index (χ0n) is 9.49. The van der Waals surface area contributed by atoms with Crippen LogP contribution in [-0.2, 0) is 0 Å². The van der Waals surface area contributed by atoms with Crippen LogP contribution in [0.3, 0.4) is 0 Å². The van der Waals surface area contributed by atoms with Crippen molar-refractivity contribution in [3.8, 4) is 5.75 Å². The summed E-state index contributed by atoms with van der Waals surface area (Å²) >= 11 is 0. The maximum atomic E-state index is 13.4. The summed E-state index contributed by atoms with van der Waals surface area (Å²) in [6, 6.07) is 1.36. The van der Waals surface area contributed by atoms with E-state index in [-0.39, 0.29) is 18.4 Å². The van der Waals surface area contributed by atoms with Gasteiger partial charge < -0.3 is 10.1 Å². The molecule has 0 saturated carbocycles. The monoisotopic (exact) mass is 258 g/mol. The van der Waals surface area contributed by atoms with Gasteiger partial charge in [0.25, 0.3) is 0 Å². The van der Waals surface area contributed by atoms with Crippen molar-refractivity contribution in [2.75, 3.05) is 13.2 Å². The Kier molecular flexibility index (Phi) is 3.71. The normalized spacial score (nSPS) is 18.9. The molecule has 7 heteroatoms. The SMILES string of the molecule is O=[N+]([O-])c1cc(F)c(OC[C@H]2CCCN2)cc1F. The van der Waals surface area contributed by atoms with E-state index >= 15 is 0 Å². The van der Waals surface area contributed by atoms with Crippen LogP contribution in [0.25, 0.3) is 0 Å². The lowest BCUT2D eigenvalue weighted by Gasteiger charge is -2.12. The molecule has 1 aromatic carbocycles. The number of nitro groups is 1. The molecule has 1 N–H and O–H groups in total.